The van der Waals surface area contributed by atoms with Crippen LogP contribution in [-0.4, -0.2) is 41.7 Å². The molecular formula is C14H24N2O2S. The third-order valence-electron chi connectivity index (χ3n) is 5.33. The van der Waals surface area contributed by atoms with Crippen molar-refractivity contribution in [3.63, 3.8) is 0 Å². The van der Waals surface area contributed by atoms with E-state index in [0.29, 0.717) is 6.04 Å². The van der Waals surface area contributed by atoms with Crippen LogP contribution in [0.2, 0.25) is 0 Å². The van der Waals surface area contributed by atoms with Crippen LogP contribution in [0.1, 0.15) is 33.1 Å². The molecule has 0 aromatic carbocycles. The molecule has 4 unspecified atom stereocenters. The molecule has 2 heterocycles. The topological polar surface area (TPSA) is 64.3 Å². The average Bonchev–Trinajstić information content (AvgIpc) is 2.90. The van der Waals surface area contributed by atoms with E-state index in [0.717, 1.165) is 37.4 Å². The van der Waals surface area contributed by atoms with E-state index in [-0.39, 0.29) is 23.3 Å². The van der Waals surface area contributed by atoms with Crippen molar-refractivity contribution >= 4 is 17.7 Å². The van der Waals surface area contributed by atoms with E-state index < -0.39 is 5.54 Å². The van der Waals surface area contributed by atoms with Gasteiger partial charge in [-0.3, -0.25) is 4.79 Å². The largest absolute Gasteiger partial charge is 0.377 e. The Morgan fingerprint density at radius 1 is 1.42 bits per heavy atom. The second kappa shape index (κ2) is 4.64. The summed E-state index contributed by atoms with van der Waals surface area (Å²) in [6.07, 6.45) is 3.24. The average molecular weight is 284 g/mol. The van der Waals surface area contributed by atoms with Gasteiger partial charge >= 0.3 is 0 Å². The SMILES string of the molecule is CC1(C)C2OCCCC2C1(N)C(=O)NC1CCSC1. The van der Waals surface area contributed by atoms with E-state index in [9.17, 15) is 4.79 Å². The molecule has 0 aromatic heterocycles. The molecule has 19 heavy (non-hydrogen) atoms. The summed E-state index contributed by atoms with van der Waals surface area (Å²) in [4.78, 5) is 12.7. The number of carbonyl (C=O) groups excluding carboxylic acids is 1. The van der Waals surface area contributed by atoms with Gasteiger partial charge < -0.3 is 15.8 Å². The van der Waals surface area contributed by atoms with E-state index in [2.05, 4.69) is 19.2 Å². The van der Waals surface area contributed by atoms with Crippen LogP contribution in [0.25, 0.3) is 0 Å². The predicted octanol–water partition coefficient (Wildman–Crippen LogP) is 1.14. The van der Waals surface area contributed by atoms with Gasteiger partial charge in [0.2, 0.25) is 5.91 Å². The number of fused-ring (bicyclic) bond motifs is 1. The molecule has 4 nitrogen and oxygen atoms in total. The normalized spacial score (nSPS) is 44.3. The van der Waals surface area contributed by atoms with Crippen molar-refractivity contribution in [2.75, 3.05) is 18.1 Å². The van der Waals surface area contributed by atoms with Crippen LogP contribution >= 0.6 is 11.8 Å². The number of nitrogens with one attached hydrogen (secondary N) is 1. The van der Waals surface area contributed by atoms with Crippen LogP contribution in [0.5, 0.6) is 0 Å². The Morgan fingerprint density at radius 2 is 2.21 bits per heavy atom. The molecule has 3 aliphatic rings. The number of amides is 1. The van der Waals surface area contributed by atoms with E-state index in [1.807, 2.05) is 11.8 Å². The van der Waals surface area contributed by atoms with Crippen molar-refractivity contribution < 1.29 is 9.53 Å². The summed E-state index contributed by atoms with van der Waals surface area (Å²) in [6, 6.07) is 0.303. The fourth-order valence-electron chi connectivity index (χ4n) is 3.99. The first kappa shape index (κ1) is 13.7. The molecule has 0 radical (unpaired) electrons. The van der Waals surface area contributed by atoms with Gasteiger partial charge in [-0.15, -0.1) is 0 Å². The second-order valence-corrected chi connectivity index (χ2v) is 7.81. The van der Waals surface area contributed by atoms with Crippen molar-refractivity contribution in [2.24, 2.45) is 17.1 Å². The molecule has 0 bridgehead atoms. The molecule has 108 valence electrons. The third-order valence-corrected chi connectivity index (χ3v) is 6.49. The maximum absolute atomic E-state index is 12.7. The van der Waals surface area contributed by atoms with Gasteiger partial charge in [0.25, 0.3) is 0 Å². The highest BCUT2D eigenvalue weighted by Gasteiger charge is 2.70. The van der Waals surface area contributed by atoms with E-state index >= 15 is 0 Å². The summed E-state index contributed by atoms with van der Waals surface area (Å²) in [6.45, 7) is 4.95. The molecule has 2 aliphatic heterocycles. The Bertz CT molecular complexity index is 382. The van der Waals surface area contributed by atoms with Crippen molar-refractivity contribution in [2.45, 2.75) is 50.8 Å². The highest BCUT2D eigenvalue weighted by Crippen LogP contribution is 2.57. The zero-order valence-electron chi connectivity index (χ0n) is 11.8. The summed E-state index contributed by atoms with van der Waals surface area (Å²) in [5.41, 5.74) is 5.53. The van der Waals surface area contributed by atoms with Crippen LogP contribution < -0.4 is 11.1 Å². The van der Waals surface area contributed by atoms with Crippen molar-refractivity contribution in [1.82, 2.24) is 5.32 Å². The van der Waals surface area contributed by atoms with Gasteiger partial charge in [-0.1, -0.05) is 13.8 Å². The van der Waals surface area contributed by atoms with E-state index in [4.69, 9.17) is 10.5 Å². The van der Waals surface area contributed by atoms with Crippen LogP contribution in [0.15, 0.2) is 0 Å². The number of thioether (sulfide) groups is 1. The Balaban J connectivity index is 1.75. The maximum Gasteiger partial charge on any atom is 0.241 e. The predicted molar refractivity (Wildman–Crippen MR) is 77.0 cm³/mol. The summed E-state index contributed by atoms with van der Waals surface area (Å²) in [5, 5.41) is 3.17. The lowest BCUT2D eigenvalue weighted by Gasteiger charge is -2.65. The third kappa shape index (κ3) is 1.85. The zero-order chi connectivity index (χ0) is 13.7. The lowest BCUT2D eigenvalue weighted by molar-refractivity contribution is -0.225. The Kier molecular flexibility index (Phi) is 3.35. The minimum atomic E-state index is -0.759. The number of carbonyl (C=O) groups is 1. The molecule has 1 amide bonds. The van der Waals surface area contributed by atoms with Crippen molar-refractivity contribution in [1.29, 1.82) is 0 Å². The molecule has 5 heteroatoms. The molecule has 1 saturated carbocycles. The van der Waals surface area contributed by atoms with E-state index in [1.165, 1.54) is 0 Å². The fourth-order valence-corrected chi connectivity index (χ4v) is 5.14. The number of hydrogen-bond acceptors (Lipinski definition) is 4. The van der Waals surface area contributed by atoms with Gasteiger partial charge in [0.1, 0.15) is 5.54 Å². The molecule has 3 fully saturated rings. The Labute approximate surface area is 119 Å². The first-order valence-electron chi connectivity index (χ1n) is 7.27. The second-order valence-electron chi connectivity index (χ2n) is 6.66. The van der Waals surface area contributed by atoms with Gasteiger partial charge in [-0.2, -0.15) is 11.8 Å². The van der Waals surface area contributed by atoms with E-state index in [1.54, 1.807) is 0 Å². The van der Waals surface area contributed by atoms with Crippen molar-refractivity contribution in [3.8, 4) is 0 Å². The molecule has 2 saturated heterocycles. The maximum atomic E-state index is 12.7. The van der Waals surface area contributed by atoms with Crippen LogP contribution in [0, 0.1) is 11.3 Å². The first-order valence-corrected chi connectivity index (χ1v) is 8.42. The Morgan fingerprint density at radius 3 is 2.89 bits per heavy atom. The number of nitrogens with two attached hydrogens (primary N) is 1. The van der Waals surface area contributed by atoms with Gasteiger partial charge in [0, 0.05) is 29.7 Å². The molecule has 1 aliphatic carbocycles. The first-order chi connectivity index (χ1) is 8.98. The summed E-state index contributed by atoms with van der Waals surface area (Å²) in [7, 11) is 0. The fraction of sp³-hybridized carbons (Fsp3) is 0.929. The molecule has 3 N–H and O–H groups in total. The minimum Gasteiger partial charge on any atom is -0.377 e. The summed E-state index contributed by atoms with van der Waals surface area (Å²) >= 11 is 1.90. The van der Waals surface area contributed by atoms with Crippen LogP contribution in [0.3, 0.4) is 0 Å². The lowest BCUT2D eigenvalue weighted by Crippen LogP contribution is -2.82. The summed E-state index contributed by atoms with van der Waals surface area (Å²) < 4.78 is 5.84. The highest BCUT2D eigenvalue weighted by molar-refractivity contribution is 7.99. The molecule has 3 rings (SSSR count). The van der Waals surface area contributed by atoms with Gasteiger partial charge in [-0.25, -0.2) is 0 Å². The van der Waals surface area contributed by atoms with Gasteiger partial charge in [-0.05, 0) is 25.0 Å². The monoisotopic (exact) mass is 284 g/mol. The van der Waals surface area contributed by atoms with Crippen LogP contribution in [-0.2, 0) is 9.53 Å². The smallest absolute Gasteiger partial charge is 0.241 e. The molecule has 4 atom stereocenters. The number of ether oxygens (including phenoxy) is 1. The quantitative estimate of drug-likeness (QED) is 0.798. The Hall–Kier alpha value is -0.260. The minimum absolute atomic E-state index is 0.0387. The molecule has 0 aromatic rings. The lowest BCUT2D eigenvalue weighted by atomic mass is 9.46. The van der Waals surface area contributed by atoms with Crippen LogP contribution in [0.4, 0.5) is 0 Å². The zero-order valence-corrected chi connectivity index (χ0v) is 12.6. The van der Waals surface area contributed by atoms with Crippen molar-refractivity contribution in [3.05, 3.63) is 0 Å². The van der Waals surface area contributed by atoms with Gasteiger partial charge in [0.05, 0.1) is 6.10 Å². The highest BCUT2D eigenvalue weighted by atomic mass is 32.2. The summed E-state index contributed by atoms with van der Waals surface area (Å²) in [5.74, 6) is 2.38. The molecular weight excluding hydrogens is 260 g/mol. The standard InChI is InChI=1S/C14H24N2O2S/c1-13(2)11-10(4-3-6-18-11)14(13,15)12(17)16-9-5-7-19-8-9/h9-11H,3-8,15H2,1-2H3,(H,16,17). The molecule has 0 spiro atoms. The number of rotatable bonds is 2. The number of hydrogen-bond donors (Lipinski definition) is 2. The van der Waals surface area contributed by atoms with Gasteiger partial charge in [0.15, 0.2) is 0 Å².